The molecule has 0 fully saturated rings. The number of carbonyl (C=O) groups excluding carboxylic acids is 2. The Bertz CT molecular complexity index is 465. The molecule has 0 saturated heterocycles. The average molecular weight is 277 g/mol. The zero-order valence-corrected chi connectivity index (χ0v) is 11.8. The van der Waals surface area contributed by atoms with Crippen LogP contribution >= 0.6 is 0 Å². The molecule has 1 rings (SSSR count). The summed E-state index contributed by atoms with van der Waals surface area (Å²) in [6.07, 6.45) is 1.08. The Labute approximate surface area is 118 Å². The molecule has 0 bridgehead atoms. The fourth-order valence-corrected chi connectivity index (χ4v) is 1.45. The van der Waals surface area contributed by atoms with Crippen molar-refractivity contribution < 1.29 is 19.1 Å². The van der Waals surface area contributed by atoms with Crippen LogP contribution in [0.5, 0.6) is 0 Å². The maximum absolute atomic E-state index is 11.8. The molecule has 0 unspecified atom stereocenters. The van der Waals surface area contributed by atoms with E-state index < -0.39 is 5.97 Å². The Hall–Kier alpha value is -2.14. The van der Waals surface area contributed by atoms with Crippen LogP contribution in [0.4, 0.5) is 5.69 Å². The monoisotopic (exact) mass is 277 g/mol. The molecular formula is C15H19NO4. The second-order valence-electron chi connectivity index (χ2n) is 4.29. The van der Waals surface area contributed by atoms with Crippen molar-refractivity contribution in [2.75, 3.05) is 38.8 Å². The molecule has 0 saturated carbocycles. The van der Waals surface area contributed by atoms with Gasteiger partial charge in [-0.1, -0.05) is 6.58 Å². The summed E-state index contributed by atoms with van der Waals surface area (Å²) in [5.41, 5.74) is 1.62. The van der Waals surface area contributed by atoms with E-state index in [0.717, 1.165) is 11.8 Å². The van der Waals surface area contributed by atoms with Gasteiger partial charge in [-0.15, -0.1) is 0 Å². The second kappa shape index (κ2) is 8.12. The summed E-state index contributed by atoms with van der Waals surface area (Å²) in [5.74, 6) is -0.607. The lowest BCUT2D eigenvalue weighted by Gasteiger charge is -2.12. The smallest absolute Gasteiger partial charge is 0.330 e. The van der Waals surface area contributed by atoms with E-state index in [2.05, 4.69) is 6.58 Å². The average Bonchev–Trinajstić information content (AvgIpc) is 2.46. The topological polar surface area (TPSA) is 55.8 Å². The molecule has 1 aromatic rings. The van der Waals surface area contributed by atoms with Crippen LogP contribution in [0.2, 0.25) is 0 Å². The van der Waals surface area contributed by atoms with E-state index in [9.17, 15) is 9.59 Å². The number of benzene rings is 1. The van der Waals surface area contributed by atoms with Crippen molar-refractivity contribution in [2.45, 2.75) is 0 Å². The lowest BCUT2D eigenvalue weighted by Crippen LogP contribution is -2.14. The van der Waals surface area contributed by atoms with Crippen molar-refractivity contribution >= 4 is 17.4 Å². The van der Waals surface area contributed by atoms with E-state index in [1.54, 1.807) is 12.1 Å². The minimum atomic E-state index is -0.501. The molecule has 0 atom stereocenters. The highest BCUT2D eigenvalue weighted by Gasteiger charge is 2.06. The Morgan fingerprint density at radius 2 is 1.85 bits per heavy atom. The Morgan fingerprint density at radius 1 is 1.20 bits per heavy atom. The first-order chi connectivity index (χ1) is 9.54. The van der Waals surface area contributed by atoms with Gasteiger partial charge in [0.15, 0.2) is 5.78 Å². The van der Waals surface area contributed by atoms with E-state index in [1.807, 2.05) is 31.1 Å². The van der Waals surface area contributed by atoms with Crippen molar-refractivity contribution in [1.82, 2.24) is 0 Å². The predicted octanol–water partition coefficient (Wildman–Crippen LogP) is 1.68. The van der Waals surface area contributed by atoms with E-state index >= 15 is 0 Å². The number of nitrogens with zero attached hydrogens (tertiary/aromatic N) is 1. The number of rotatable bonds is 8. The number of anilines is 1. The van der Waals surface area contributed by atoms with Crippen molar-refractivity contribution in [3.8, 4) is 0 Å². The minimum absolute atomic E-state index is 0.0348. The van der Waals surface area contributed by atoms with Crippen LogP contribution in [0.15, 0.2) is 36.9 Å². The summed E-state index contributed by atoms with van der Waals surface area (Å²) in [5, 5.41) is 0. The maximum atomic E-state index is 11.8. The fourth-order valence-electron chi connectivity index (χ4n) is 1.45. The van der Waals surface area contributed by atoms with Gasteiger partial charge in [0.2, 0.25) is 0 Å². The maximum Gasteiger partial charge on any atom is 0.330 e. The van der Waals surface area contributed by atoms with Gasteiger partial charge in [0.25, 0.3) is 0 Å². The number of hydrogen-bond donors (Lipinski definition) is 0. The van der Waals surface area contributed by atoms with Gasteiger partial charge in [-0.25, -0.2) is 4.79 Å². The lowest BCUT2D eigenvalue weighted by molar-refractivity contribution is -0.139. The van der Waals surface area contributed by atoms with Gasteiger partial charge in [-0.2, -0.15) is 0 Å². The zero-order valence-electron chi connectivity index (χ0n) is 11.8. The summed E-state index contributed by atoms with van der Waals surface area (Å²) >= 11 is 0. The van der Waals surface area contributed by atoms with Crippen LogP contribution < -0.4 is 4.90 Å². The van der Waals surface area contributed by atoms with E-state index in [4.69, 9.17) is 9.47 Å². The molecule has 0 spiro atoms. The van der Waals surface area contributed by atoms with Gasteiger partial charge in [0.05, 0.1) is 6.61 Å². The standard InChI is InChI=1S/C15H19NO4/c1-4-15(18)20-10-9-19-11-14(17)12-5-7-13(8-6-12)16(2)3/h4-8H,1,9-11H2,2-3H3. The normalized spacial score (nSPS) is 9.90. The highest BCUT2D eigenvalue weighted by molar-refractivity contribution is 5.97. The van der Waals surface area contributed by atoms with E-state index in [1.165, 1.54) is 0 Å². The van der Waals surface area contributed by atoms with Gasteiger partial charge < -0.3 is 14.4 Å². The molecule has 0 aromatic heterocycles. The SMILES string of the molecule is C=CC(=O)OCCOCC(=O)c1ccc(N(C)C)cc1. The first-order valence-corrected chi connectivity index (χ1v) is 6.22. The van der Waals surface area contributed by atoms with Crippen LogP contribution in [-0.4, -0.2) is 45.7 Å². The third-order valence-electron chi connectivity index (χ3n) is 2.58. The highest BCUT2D eigenvalue weighted by Crippen LogP contribution is 2.12. The lowest BCUT2D eigenvalue weighted by atomic mass is 10.1. The molecule has 0 N–H and O–H groups in total. The number of Topliss-reactive ketones (excluding diaryl/α,β-unsaturated/α-hetero) is 1. The first-order valence-electron chi connectivity index (χ1n) is 6.22. The molecule has 20 heavy (non-hydrogen) atoms. The summed E-state index contributed by atoms with van der Waals surface area (Å²) in [7, 11) is 3.87. The summed E-state index contributed by atoms with van der Waals surface area (Å²) < 4.78 is 9.87. The van der Waals surface area contributed by atoms with Gasteiger partial charge in [0.1, 0.15) is 13.2 Å². The van der Waals surface area contributed by atoms with Crippen LogP contribution in [0, 0.1) is 0 Å². The molecule has 1 aromatic carbocycles. The third kappa shape index (κ3) is 5.24. The van der Waals surface area contributed by atoms with Gasteiger partial charge >= 0.3 is 5.97 Å². The second-order valence-corrected chi connectivity index (χ2v) is 4.29. The Balaban J connectivity index is 2.32. The Morgan fingerprint density at radius 3 is 2.40 bits per heavy atom. The molecule has 0 aliphatic rings. The summed E-state index contributed by atoms with van der Waals surface area (Å²) in [6, 6.07) is 7.27. The molecule has 0 amide bonds. The first kappa shape index (κ1) is 15.9. The van der Waals surface area contributed by atoms with Gasteiger partial charge in [-0.3, -0.25) is 4.79 Å². The highest BCUT2D eigenvalue weighted by atomic mass is 16.6. The molecular weight excluding hydrogens is 258 g/mol. The van der Waals surface area contributed by atoms with Crippen molar-refractivity contribution in [1.29, 1.82) is 0 Å². The van der Waals surface area contributed by atoms with Crippen LogP contribution in [-0.2, 0) is 14.3 Å². The van der Waals surface area contributed by atoms with Crippen molar-refractivity contribution in [2.24, 2.45) is 0 Å². The van der Waals surface area contributed by atoms with Gasteiger partial charge in [-0.05, 0) is 24.3 Å². The van der Waals surface area contributed by atoms with Crippen LogP contribution in [0.25, 0.3) is 0 Å². The summed E-state index contributed by atoms with van der Waals surface area (Å²) in [4.78, 5) is 24.5. The largest absolute Gasteiger partial charge is 0.460 e. The predicted molar refractivity (Wildman–Crippen MR) is 77.1 cm³/mol. The van der Waals surface area contributed by atoms with Crippen LogP contribution in [0.1, 0.15) is 10.4 Å². The van der Waals surface area contributed by atoms with Gasteiger partial charge in [0, 0.05) is 31.4 Å². The summed E-state index contributed by atoms with van der Waals surface area (Å²) in [6.45, 7) is 3.53. The van der Waals surface area contributed by atoms with E-state index in [0.29, 0.717) is 5.56 Å². The Kier molecular flexibility index (Phi) is 6.46. The number of ketones is 1. The van der Waals surface area contributed by atoms with Crippen molar-refractivity contribution in [3.63, 3.8) is 0 Å². The molecule has 0 aliphatic heterocycles. The quantitative estimate of drug-likeness (QED) is 0.313. The number of carbonyl (C=O) groups is 2. The van der Waals surface area contributed by atoms with E-state index in [-0.39, 0.29) is 25.6 Å². The number of ether oxygens (including phenoxy) is 2. The molecule has 108 valence electrons. The van der Waals surface area contributed by atoms with Crippen LogP contribution in [0.3, 0.4) is 0 Å². The molecule has 0 heterocycles. The number of esters is 1. The molecule has 5 nitrogen and oxygen atoms in total. The fraction of sp³-hybridized carbons (Fsp3) is 0.333. The molecule has 5 heteroatoms. The minimum Gasteiger partial charge on any atom is -0.460 e. The van der Waals surface area contributed by atoms with Crippen molar-refractivity contribution in [3.05, 3.63) is 42.5 Å². The molecule has 0 aliphatic carbocycles. The molecule has 0 radical (unpaired) electrons. The number of hydrogen-bond acceptors (Lipinski definition) is 5. The third-order valence-corrected chi connectivity index (χ3v) is 2.58. The zero-order chi connectivity index (χ0) is 15.0.